The van der Waals surface area contributed by atoms with Crippen molar-refractivity contribution in [3.8, 4) is 17.3 Å². The van der Waals surface area contributed by atoms with E-state index in [1.807, 2.05) is 11.8 Å². The summed E-state index contributed by atoms with van der Waals surface area (Å²) < 4.78 is 18.8. The summed E-state index contributed by atoms with van der Waals surface area (Å²) in [6.45, 7) is 2.79. The minimum Gasteiger partial charge on any atom is -0.477 e. The predicted molar refractivity (Wildman–Crippen MR) is 116 cm³/mol. The minimum absolute atomic E-state index is 0.0602. The van der Waals surface area contributed by atoms with E-state index in [1.54, 1.807) is 36.7 Å². The normalized spacial score (nSPS) is 18.4. The summed E-state index contributed by atoms with van der Waals surface area (Å²) in [5, 5.41) is 9.60. The van der Waals surface area contributed by atoms with Crippen molar-refractivity contribution in [2.24, 2.45) is 5.92 Å². The van der Waals surface area contributed by atoms with E-state index in [0.717, 1.165) is 19.0 Å². The predicted octanol–water partition coefficient (Wildman–Crippen LogP) is 3.49. The summed E-state index contributed by atoms with van der Waals surface area (Å²) in [5.74, 6) is 0.414. The second-order valence-electron chi connectivity index (χ2n) is 7.99. The molecule has 32 heavy (non-hydrogen) atoms. The molecule has 0 aliphatic carbocycles. The molecule has 1 saturated heterocycles. The molecule has 1 N–H and O–H groups in total. The molecule has 2 atom stereocenters. The number of rotatable bonds is 6. The average molecular weight is 436 g/mol. The first kappa shape index (κ1) is 21.8. The van der Waals surface area contributed by atoms with Crippen molar-refractivity contribution in [1.82, 2.24) is 19.9 Å². The van der Waals surface area contributed by atoms with Crippen molar-refractivity contribution in [2.75, 3.05) is 13.2 Å². The molecule has 1 aromatic carbocycles. The van der Waals surface area contributed by atoms with Gasteiger partial charge in [0.05, 0.1) is 25.0 Å². The zero-order valence-corrected chi connectivity index (χ0v) is 17.8. The zero-order chi connectivity index (χ0) is 22.5. The van der Waals surface area contributed by atoms with Crippen molar-refractivity contribution in [2.45, 2.75) is 32.4 Å². The topological polar surface area (TPSA) is 88.4 Å². The van der Waals surface area contributed by atoms with Crippen LogP contribution in [0.4, 0.5) is 4.39 Å². The maximum atomic E-state index is 13.6. The molecule has 7 nitrogen and oxygen atoms in total. The van der Waals surface area contributed by atoms with Gasteiger partial charge in [0.1, 0.15) is 5.82 Å². The Morgan fingerprint density at radius 2 is 2.00 bits per heavy atom. The number of hydrogen-bond donors (Lipinski definition) is 1. The molecule has 8 heteroatoms. The molecule has 0 bridgehead atoms. The first-order chi connectivity index (χ1) is 15.5. The van der Waals surface area contributed by atoms with Crippen LogP contribution < -0.4 is 4.74 Å². The molecular weight excluding hydrogens is 411 g/mol. The lowest BCUT2D eigenvalue weighted by Crippen LogP contribution is -2.47. The van der Waals surface area contributed by atoms with E-state index in [1.165, 1.54) is 12.1 Å². The smallest absolute Gasteiger partial charge is 0.254 e. The third-order valence-electron chi connectivity index (χ3n) is 5.71. The van der Waals surface area contributed by atoms with Crippen LogP contribution in [0.25, 0.3) is 11.4 Å². The molecule has 0 saturated carbocycles. The number of aliphatic hydroxyl groups excluding tert-OH is 1. The number of carbonyl (C=O) groups excluding carboxylic acids is 1. The molecule has 1 unspecified atom stereocenters. The number of halogens is 1. The van der Waals surface area contributed by atoms with E-state index in [4.69, 9.17) is 4.74 Å². The van der Waals surface area contributed by atoms with Crippen LogP contribution in [-0.2, 0) is 6.61 Å². The molecular formula is C24H25FN4O3. The van der Waals surface area contributed by atoms with Crippen LogP contribution >= 0.6 is 0 Å². The van der Waals surface area contributed by atoms with Gasteiger partial charge in [0.25, 0.3) is 5.91 Å². The number of carbonyl (C=O) groups is 1. The maximum absolute atomic E-state index is 13.6. The second kappa shape index (κ2) is 9.82. The van der Waals surface area contributed by atoms with Crippen molar-refractivity contribution in [1.29, 1.82) is 0 Å². The highest BCUT2D eigenvalue weighted by Crippen LogP contribution is 2.28. The van der Waals surface area contributed by atoms with Gasteiger partial charge in [-0.3, -0.25) is 4.79 Å². The zero-order valence-electron chi connectivity index (χ0n) is 17.8. The summed E-state index contributed by atoms with van der Waals surface area (Å²) in [5.41, 5.74) is 1.75. The number of nitrogens with zero attached hydrogens (tertiary/aromatic N) is 4. The van der Waals surface area contributed by atoms with Crippen molar-refractivity contribution in [3.05, 3.63) is 71.9 Å². The van der Waals surface area contributed by atoms with Crippen LogP contribution in [0, 0.1) is 11.7 Å². The third kappa shape index (κ3) is 4.91. The molecule has 3 heterocycles. The first-order valence-electron chi connectivity index (χ1n) is 10.6. The Hall–Kier alpha value is -3.39. The van der Waals surface area contributed by atoms with Gasteiger partial charge < -0.3 is 14.7 Å². The molecule has 1 amide bonds. The maximum Gasteiger partial charge on any atom is 0.254 e. The molecule has 1 aliphatic heterocycles. The molecule has 166 valence electrons. The number of pyridine rings is 1. The standard InChI is InChI=1S/C24H25FN4O3/c1-16-3-4-18(15-32-22-8-6-19(25)12-28-22)13-29(16)24(31)21-11-17(14-30)5-7-20(21)23-26-9-2-10-27-23/h2,5-12,16,18,30H,3-4,13-15H2,1H3/t16-,18?/m0/s1. The largest absolute Gasteiger partial charge is 0.477 e. The fourth-order valence-corrected chi connectivity index (χ4v) is 3.91. The monoisotopic (exact) mass is 436 g/mol. The fraction of sp³-hybridized carbons (Fsp3) is 0.333. The Kier molecular flexibility index (Phi) is 6.70. The Morgan fingerprint density at radius 3 is 2.72 bits per heavy atom. The summed E-state index contributed by atoms with van der Waals surface area (Å²) in [6, 6.07) is 9.85. The van der Waals surface area contributed by atoms with E-state index in [9.17, 15) is 14.3 Å². The van der Waals surface area contributed by atoms with Gasteiger partial charge in [0, 0.05) is 42.5 Å². The van der Waals surface area contributed by atoms with E-state index in [-0.39, 0.29) is 24.5 Å². The Balaban J connectivity index is 1.54. The number of amides is 1. The van der Waals surface area contributed by atoms with Gasteiger partial charge in [-0.1, -0.05) is 12.1 Å². The highest BCUT2D eigenvalue weighted by molar-refractivity contribution is 6.00. The number of likely N-dealkylation sites (tertiary alicyclic amines) is 1. The number of aliphatic hydroxyl groups is 1. The Morgan fingerprint density at radius 1 is 1.19 bits per heavy atom. The van der Waals surface area contributed by atoms with Crippen molar-refractivity contribution in [3.63, 3.8) is 0 Å². The van der Waals surface area contributed by atoms with Gasteiger partial charge in [-0.15, -0.1) is 0 Å². The molecule has 1 aliphatic rings. The highest BCUT2D eigenvalue weighted by atomic mass is 19.1. The summed E-state index contributed by atoms with van der Waals surface area (Å²) in [7, 11) is 0. The number of hydrogen-bond acceptors (Lipinski definition) is 6. The van der Waals surface area contributed by atoms with Gasteiger partial charge in [-0.05, 0) is 43.5 Å². The van der Waals surface area contributed by atoms with Crippen LogP contribution in [0.1, 0.15) is 35.7 Å². The third-order valence-corrected chi connectivity index (χ3v) is 5.71. The first-order valence-corrected chi connectivity index (χ1v) is 10.6. The summed E-state index contributed by atoms with van der Waals surface area (Å²) >= 11 is 0. The molecule has 1 fully saturated rings. The van der Waals surface area contributed by atoms with Gasteiger partial charge in [-0.2, -0.15) is 0 Å². The van der Waals surface area contributed by atoms with E-state index < -0.39 is 5.82 Å². The van der Waals surface area contributed by atoms with Crippen LogP contribution in [0.5, 0.6) is 5.88 Å². The van der Waals surface area contributed by atoms with E-state index >= 15 is 0 Å². The minimum atomic E-state index is -0.413. The van der Waals surface area contributed by atoms with Crippen LogP contribution in [-0.4, -0.2) is 50.1 Å². The Bertz CT molecular complexity index is 1060. The van der Waals surface area contributed by atoms with Gasteiger partial charge >= 0.3 is 0 Å². The molecule has 3 aromatic rings. The SMILES string of the molecule is C[C@H]1CCC(COc2ccc(F)cn2)CN1C(=O)c1cc(CO)ccc1-c1ncccn1. The lowest BCUT2D eigenvalue weighted by Gasteiger charge is -2.38. The van der Waals surface area contributed by atoms with E-state index in [2.05, 4.69) is 15.0 Å². The lowest BCUT2D eigenvalue weighted by atomic mass is 9.92. The van der Waals surface area contributed by atoms with E-state index in [0.29, 0.717) is 41.5 Å². The highest BCUT2D eigenvalue weighted by Gasteiger charge is 2.31. The Labute approximate surface area is 185 Å². The molecule has 0 radical (unpaired) electrons. The van der Waals surface area contributed by atoms with Crippen LogP contribution in [0.3, 0.4) is 0 Å². The van der Waals surface area contributed by atoms with Gasteiger partial charge in [0.15, 0.2) is 5.82 Å². The van der Waals surface area contributed by atoms with Gasteiger partial charge in [-0.25, -0.2) is 19.3 Å². The van der Waals surface area contributed by atoms with Gasteiger partial charge in [0.2, 0.25) is 5.88 Å². The average Bonchev–Trinajstić information content (AvgIpc) is 2.84. The fourth-order valence-electron chi connectivity index (χ4n) is 3.91. The summed E-state index contributed by atoms with van der Waals surface area (Å²) in [4.78, 5) is 28.0. The van der Waals surface area contributed by atoms with Crippen LogP contribution in [0.2, 0.25) is 0 Å². The molecule has 0 spiro atoms. The lowest BCUT2D eigenvalue weighted by molar-refractivity contribution is 0.0503. The second-order valence-corrected chi connectivity index (χ2v) is 7.99. The number of benzene rings is 1. The summed E-state index contributed by atoms with van der Waals surface area (Å²) in [6.07, 6.45) is 6.15. The van der Waals surface area contributed by atoms with Crippen molar-refractivity contribution >= 4 is 5.91 Å². The molecule has 4 rings (SSSR count). The van der Waals surface area contributed by atoms with Crippen molar-refractivity contribution < 1.29 is 19.0 Å². The number of ether oxygens (including phenoxy) is 1. The number of aromatic nitrogens is 3. The quantitative estimate of drug-likeness (QED) is 0.636. The number of piperidine rings is 1. The van der Waals surface area contributed by atoms with Crippen LogP contribution in [0.15, 0.2) is 55.0 Å². The molecule has 2 aromatic heterocycles.